The molecule has 2 N–H and O–H groups in total. The lowest BCUT2D eigenvalue weighted by molar-refractivity contribution is 0.436. The summed E-state index contributed by atoms with van der Waals surface area (Å²) >= 11 is 12.1. The minimum Gasteiger partial charge on any atom is -0.380 e. The minimum absolute atomic E-state index is 0.168. The first-order valence-corrected chi connectivity index (χ1v) is 6.78. The molecule has 3 nitrogen and oxygen atoms in total. The highest BCUT2D eigenvalue weighted by Gasteiger charge is 2.20. The van der Waals surface area contributed by atoms with E-state index in [1.807, 2.05) is 0 Å². The van der Waals surface area contributed by atoms with Crippen molar-refractivity contribution in [1.29, 1.82) is 0 Å². The Bertz CT molecular complexity index is 817. The molecule has 21 heavy (non-hydrogen) atoms. The Morgan fingerprint density at radius 3 is 2.62 bits per heavy atom. The summed E-state index contributed by atoms with van der Waals surface area (Å²) in [6.45, 7) is 0. The van der Waals surface area contributed by atoms with Crippen LogP contribution in [0, 0.1) is 5.82 Å². The van der Waals surface area contributed by atoms with Crippen LogP contribution in [0.1, 0.15) is 0 Å². The summed E-state index contributed by atoms with van der Waals surface area (Å²) in [5, 5.41) is 4.65. The van der Waals surface area contributed by atoms with Gasteiger partial charge in [-0.25, -0.2) is 4.39 Å². The van der Waals surface area contributed by atoms with Gasteiger partial charge in [-0.05, 0) is 35.9 Å². The van der Waals surface area contributed by atoms with Gasteiger partial charge < -0.3 is 10.3 Å². The number of nitrogens with two attached hydrogens (primary N) is 1. The third-order valence-corrected chi connectivity index (χ3v) is 3.56. The van der Waals surface area contributed by atoms with Crippen LogP contribution < -0.4 is 5.73 Å². The molecule has 6 heteroatoms. The average molecular weight is 323 g/mol. The van der Waals surface area contributed by atoms with Gasteiger partial charge in [-0.15, -0.1) is 0 Å². The van der Waals surface area contributed by atoms with Gasteiger partial charge in [0.25, 0.3) is 0 Å². The van der Waals surface area contributed by atoms with Crippen LogP contribution in [0.25, 0.3) is 22.5 Å². The van der Waals surface area contributed by atoms with Gasteiger partial charge in [0.2, 0.25) is 0 Å². The number of anilines is 1. The van der Waals surface area contributed by atoms with E-state index < -0.39 is 0 Å². The van der Waals surface area contributed by atoms with Gasteiger partial charge >= 0.3 is 0 Å². The van der Waals surface area contributed by atoms with E-state index in [9.17, 15) is 4.39 Å². The quantitative estimate of drug-likeness (QED) is 0.719. The molecule has 0 saturated carbocycles. The summed E-state index contributed by atoms with van der Waals surface area (Å²) in [7, 11) is 0. The van der Waals surface area contributed by atoms with Crippen molar-refractivity contribution >= 4 is 29.0 Å². The van der Waals surface area contributed by atoms with Crippen molar-refractivity contribution in [3.8, 4) is 22.5 Å². The highest BCUT2D eigenvalue weighted by molar-refractivity contribution is 6.36. The van der Waals surface area contributed by atoms with Crippen molar-refractivity contribution < 1.29 is 8.91 Å². The van der Waals surface area contributed by atoms with Crippen LogP contribution in [0.15, 0.2) is 47.0 Å². The van der Waals surface area contributed by atoms with Gasteiger partial charge in [0.15, 0.2) is 11.6 Å². The molecule has 0 bridgehead atoms. The SMILES string of the molecule is Nc1noc(-c2ccc(Cl)cc2Cl)c1-c1cccc(F)c1. The smallest absolute Gasteiger partial charge is 0.178 e. The number of nitrogens with zero attached hydrogens (tertiary/aromatic N) is 1. The van der Waals surface area contributed by atoms with E-state index in [2.05, 4.69) is 5.16 Å². The number of rotatable bonds is 2. The third-order valence-electron chi connectivity index (χ3n) is 3.01. The topological polar surface area (TPSA) is 52.0 Å². The van der Waals surface area contributed by atoms with Crippen LogP contribution in [0.5, 0.6) is 0 Å². The summed E-state index contributed by atoms with van der Waals surface area (Å²) in [4.78, 5) is 0. The monoisotopic (exact) mass is 322 g/mol. The first kappa shape index (κ1) is 13.9. The van der Waals surface area contributed by atoms with Crippen LogP contribution in [0.3, 0.4) is 0 Å². The molecule has 0 amide bonds. The van der Waals surface area contributed by atoms with Crippen molar-refractivity contribution in [2.45, 2.75) is 0 Å². The van der Waals surface area contributed by atoms with E-state index in [4.69, 9.17) is 33.5 Å². The maximum atomic E-state index is 13.4. The maximum Gasteiger partial charge on any atom is 0.178 e. The van der Waals surface area contributed by atoms with Gasteiger partial charge in [-0.2, -0.15) is 0 Å². The largest absolute Gasteiger partial charge is 0.380 e. The Hall–Kier alpha value is -2.04. The van der Waals surface area contributed by atoms with E-state index in [-0.39, 0.29) is 11.6 Å². The number of halogens is 3. The third kappa shape index (κ3) is 2.60. The Labute approximate surface area is 130 Å². The van der Waals surface area contributed by atoms with Crippen molar-refractivity contribution in [3.05, 3.63) is 58.3 Å². The molecule has 0 atom stereocenters. The van der Waals surface area contributed by atoms with Crippen LogP contribution in [-0.2, 0) is 0 Å². The lowest BCUT2D eigenvalue weighted by Gasteiger charge is -2.05. The Kier molecular flexibility index (Phi) is 3.57. The highest BCUT2D eigenvalue weighted by atomic mass is 35.5. The second kappa shape index (κ2) is 5.39. The fourth-order valence-electron chi connectivity index (χ4n) is 2.08. The molecule has 0 fully saturated rings. The van der Waals surface area contributed by atoms with Gasteiger partial charge in [0.1, 0.15) is 5.82 Å². The van der Waals surface area contributed by atoms with Crippen molar-refractivity contribution in [2.24, 2.45) is 0 Å². The lowest BCUT2D eigenvalue weighted by atomic mass is 10.0. The normalized spacial score (nSPS) is 10.8. The molecule has 0 aliphatic rings. The van der Waals surface area contributed by atoms with Crippen molar-refractivity contribution in [1.82, 2.24) is 5.16 Å². The van der Waals surface area contributed by atoms with E-state index in [0.717, 1.165) is 0 Å². The molecule has 3 rings (SSSR count). The number of benzene rings is 2. The number of hydrogen-bond donors (Lipinski definition) is 1. The maximum absolute atomic E-state index is 13.4. The van der Waals surface area contributed by atoms with Gasteiger partial charge in [-0.3, -0.25) is 0 Å². The molecule has 1 heterocycles. The second-order valence-corrected chi connectivity index (χ2v) is 5.25. The Morgan fingerprint density at radius 2 is 1.90 bits per heavy atom. The van der Waals surface area contributed by atoms with Gasteiger partial charge in [0, 0.05) is 10.6 Å². The van der Waals surface area contributed by atoms with E-state index >= 15 is 0 Å². The zero-order chi connectivity index (χ0) is 15.0. The molecule has 0 spiro atoms. The number of hydrogen-bond acceptors (Lipinski definition) is 3. The average Bonchev–Trinajstić information content (AvgIpc) is 2.80. The van der Waals surface area contributed by atoms with Gasteiger partial charge in [-0.1, -0.05) is 40.5 Å². The molecule has 0 saturated heterocycles. The Balaban J connectivity index is 2.22. The van der Waals surface area contributed by atoms with E-state index in [1.54, 1.807) is 30.3 Å². The molecule has 1 aromatic heterocycles. The molecule has 0 aliphatic heterocycles. The fraction of sp³-hybridized carbons (Fsp3) is 0. The fourth-order valence-corrected chi connectivity index (χ4v) is 2.58. The molecule has 0 unspecified atom stereocenters. The van der Waals surface area contributed by atoms with E-state index in [1.165, 1.54) is 12.1 Å². The predicted octanol–water partition coefficient (Wildman–Crippen LogP) is 5.04. The van der Waals surface area contributed by atoms with Crippen LogP contribution >= 0.6 is 23.2 Å². The summed E-state index contributed by atoms with van der Waals surface area (Å²) in [5.74, 6) is 0.169. The zero-order valence-corrected chi connectivity index (χ0v) is 12.1. The van der Waals surface area contributed by atoms with Crippen LogP contribution in [0.2, 0.25) is 10.0 Å². The van der Waals surface area contributed by atoms with E-state index in [0.29, 0.717) is 32.5 Å². The first-order chi connectivity index (χ1) is 10.1. The summed E-state index contributed by atoms with van der Waals surface area (Å²) < 4.78 is 18.7. The van der Waals surface area contributed by atoms with Crippen molar-refractivity contribution in [2.75, 3.05) is 5.73 Å². The molecule has 3 aromatic rings. The summed E-state index contributed by atoms with van der Waals surface area (Å²) in [6, 6.07) is 11.0. The van der Waals surface area contributed by atoms with Gasteiger partial charge in [0.05, 0.1) is 10.6 Å². The zero-order valence-electron chi connectivity index (χ0n) is 10.6. The summed E-state index contributed by atoms with van der Waals surface area (Å²) in [6.07, 6.45) is 0. The highest BCUT2D eigenvalue weighted by Crippen LogP contribution is 2.40. The molecule has 106 valence electrons. The molecule has 0 radical (unpaired) electrons. The molecule has 2 aromatic carbocycles. The second-order valence-electron chi connectivity index (χ2n) is 4.41. The standard InChI is InChI=1S/C15H9Cl2FN2O/c16-9-4-5-11(12(17)7-9)14-13(15(19)20-21-14)8-2-1-3-10(18)6-8/h1-7H,(H2,19,20). The molecular weight excluding hydrogens is 314 g/mol. The molecular formula is C15H9Cl2FN2O. The predicted molar refractivity (Wildman–Crippen MR) is 81.8 cm³/mol. The van der Waals surface area contributed by atoms with Crippen LogP contribution in [-0.4, -0.2) is 5.16 Å². The van der Waals surface area contributed by atoms with Crippen molar-refractivity contribution in [3.63, 3.8) is 0 Å². The molecule has 0 aliphatic carbocycles. The number of nitrogen functional groups attached to an aromatic ring is 1. The first-order valence-electron chi connectivity index (χ1n) is 6.03. The lowest BCUT2D eigenvalue weighted by Crippen LogP contribution is -1.90. The number of aromatic nitrogens is 1. The van der Waals surface area contributed by atoms with Crippen LogP contribution in [0.4, 0.5) is 10.2 Å². The Morgan fingerprint density at radius 1 is 1.10 bits per heavy atom. The summed E-state index contributed by atoms with van der Waals surface area (Å²) in [5.41, 5.74) is 7.50. The minimum atomic E-state index is -0.374.